The molecule has 6 heteroatoms. The molecule has 0 rings (SSSR count). The van der Waals surface area contributed by atoms with Crippen LogP contribution in [-0.4, -0.2) is 67.6 Å². The Morgan fingerprint density at radius 1 is 1.12 bits per heavy atom. The van der Waals surface area contributed by atoms with Crippen LogP contribution in [0.25, 0.3) is 0 Å². The Hall–Kier alpha value is -0.273. The molecule has 0 bridgehead atoms. The van der Waals surface area contributed by atoms with Gasteiger partial charge >= 0.3 is 8.80 Å². The monoisotopic (exact) mass is 262 g/mol. The molecule has 0 saturated heterocycles. The van der Waals surface area contributed by atoms with Gasteiger partial charge in [0, 0.05) is 33.6 Å². The number of aliphatic imine (C=N–C) groups is 1. The van der Waals surface area contributed by atoms with E-state index in [2.05, 4.69) is 30.9 Å². The van der Waals surface area contributed by atoms with Crippen molar-refractivity contribution in [1.82, 2.24) is 4.90 Å². The summed E-state index contributed by atoms with van der Waals surface area (Å²) in [4.78, 5) is 6.73. The lowest BCUT2D eigenvalue weighted by Crippen LogP contribution is -2.46. The predicted octanol–water partition coefficient (Wildman–Crippen LogP) is 1.21. The molecule has 0 aromatic rings. The van der Waals surface area contributed by atoms with Gasteiger partial charge in [-0.3, -0.25) is 4.99 Å². The van der Waals surface area contributed by atoms with E-state index < -0.39 is 8.80 Å². The summed E-state index contributed by atoms with van der Waals surface area (Å²) in [7, 11) is 6.40. The van der Waals surface area contributed by atoms with E-state index in [1.807, 2.05) is 0 Å². The summed E-state index contributed by atoms with van der Waals surface area (Å²) in [5.41, 5.74) is 1.18. The summed E-state index contributed by atoms with van der Waals surface area (Å²) in [6.45, 7) is 3.12. The summed E-state index contributed by atoms with van der Waals surface area (Å²) >= 11 is 0. The van der Waals surface area contributed by atoms with Crippen molar-refractivity contribution in [3.8, 4) is 0 Å². The third-order valence-corrected chi connectivity index (χ3v) is 5.10. The van der Waals surface area contributed by atoms with Gasteiger partial charge in [-0.25, -0.2) is 0 Å². The van der Waals surface area contributed by atoms with E-state index in [1.165, 1.54) is 5.71 Å². The van der Waals surface area contributed by atoms with Gasteiger partial charge in [0.25, 0.3) is 0 Å². The number of nitrogens with zero attached hydrogens (tertiary/aromatic N) is 2. The Bertz CT molecular complexity index is 222. The number of hydrogen-bond acceptors (Lipinski definition) is 5. The largest absolute Gasteiger partial charge is 0.522 e. The summed E-state index contributed by atoms with van der Waals surface area (Å²) in [5, 5.41) is 0. The Kier molecular flexibility index (Phi) is 8.62. The summed E-state index contributed by atoms with van der Waals surface area (Å²) in [6, 6.07) is 0. The van der Waals surface area contributed by atoms with Crippen molar-refractivity contribution >= 4 is 14.5 Å². The molecule has 0 radical (unpaired) electrons. The Morgan fingerprint density at radius 2 is 1.65 bits per heavy atom. The van der Waals surface area contributed by atoms with Crippen molar-refractivity contribution in [2.24, 2.45) is 4.99 Å². The van der Waals surface area contributed by atoms with E-state index in [0.717, 1.165) is 19.4 Å². The third kappa shape index (κ3) is 6.28. The molecule has 0 aliphatic rings. The highest BCUT2D eigenvalue weighted by atomic mass is 28.4. The lowest BCUT2D eigenvalue weighted by molar-refractivity contribution is 0.125. The average molecular weight is 262 g/mol. The molecule has 5 nitrogen and oxygen atoms in total. The minimum Gasteiger partial charge on any atom is -0.376 e. The van der Waals surface area contributed by atoms with Crippen LogP contribution in [0.3, 0.4) is 0 Å². The van der Waals surface area contributed by atoms with Gasteiger partial charge in [0.15, 0.2) is 0 Å². The van der Waals surface area contributed by atoms with Crippen molar-refractivity contribution in [3.63, 3.8) is 0 Å². The summed E-state index contributed by atoms with van der Waals surface area (Å²) in [6.07, 6.45) is 2.42. The zero-order valence-corrected chi connectivity index (χ0v) is 12.9. The van der Waals surface area contributed by atoms with Crippen molar-refractivity contribution in [1.29, 1.82) is 0 Å². The van der Waals surface area contributed by atoms with Gasteiger partial charge in [-0.2, -0.15) is 0 Å². The SMILES string of the molecule is CCC(CCN(C)C)=NC[Si](OC)(OC)OC. The van der Waals surface area contributed by atoms with Crippen molar-refractivity contribution in [3.05, 3.63) is 0 Å². The summed E-state index contributed by atoms with van der Waals surface area (Å²) in [5.74, 6) is 0. The van der Waals surface area contributed by atoms with Gasteiger partial charge in [0.1, 0.15) is 6.17 Å². The Labute approximate surface area is 106 Å². The molecular formula is C11H26N2O3Si. The lowest BCUT2D eigenvalue weighted by atomic mass is 10.2. The number of rotatable bonds is 9. The normalized spacial score (nSPS) is 13.5. The summed E-state index contributed by atoms with van der Waals surface area (Å²) < 4.78 is 16.0. The van der Waals surface area contributed by atoms with Gasteiger partial charge in [-0.05, 0) is 26.9 Å². The molecular weight excluding hydrogens is 236 g/mol. The maximum absolute atomic E-state index is 5.33. The average Bonchev–Trinajstić information content (AvgIpc) is 2.34. The molecule has 0 aromatic carbocycles. The smallest absolute Gasteiger partial charge is 0.376 e. The highest BCUT2D eigenvalue weighted by Crippen LogP contribution is 2.07. The molecule has 0 N–H and O–H groups in total. The minimum atomic E-state index is -2.55. The van der Waals surface area contributed by atoms with Crippen LogP contribution in [-0.2, 0) is 13.3 Å². The van der Waals surface area contributed by atoms with Gasteiger partial charge in [0.2, 0.25) is 0 Å². The van der Waals surface area contributed by atoms with Crippen LogP contribution < -0.4 is 0 Å². The molecule has 0 heterocycles. The maximum atomic E-state index is 5.33. The standard InChI is InChI=1S/C11H26N2O3Si/c1-7-11(8-9-13(2)3)12-10-17(14-4,15-5)16-6/h7-10H2,1-6H3. The molecule has 0 aliphatic carbocycles. The van der Waals surface area contributed by atoms with Crippen LogP contribution in [0.5, 0.6) is 0 Å². The van der Waals surface area contributed by atoms with Gasteiger partial charge in [-0.1, -0.05) is 6.92 Å². The first kappa shape index (κ1) is 16.7. The van der Waals surface area contributed by atoms with Gasteiger partial charge < -0.3 is 18.2 Å². The first-order valence-electron chi connectivity index (χ1n) is 5.86. The van der Waals surface area contributed by atoms with E-state index in [9.17, 15) is 0 Å². The molecule has 0 amide bonds. The molecule has 0 fully saturated rings. The van der Waals surface area contributed by atoms with Gasteiger partial charge in [0.05, 0.1) is 0 Å². The van der Waals surface area contributed by atoms with Gasteiger partial charge in [-0.15, -0.1) is 0 Å². The molecule has 0 unspecified atom stereocenters. The van der Waals surface area contributed by atoms with Crippen LogP contribution in [0.1, 0.15) is 19.8 Å². The van der Waals surface area contributed by atoms with Crippen molar-refractivity contribution in [2.75, 3.05) is 48.1 Å². The highest BCUT2D eigenvalue weighted by molar-refractivity contribution is 6.61. The predicted molar refractivity (Wildman–Crippen MR) is 72.5 cm³/mol. The van der Waals surface area contributed by atoms with Crippen molar-refractivity contribution in [2.45, 2.75) is 19.8 Å². The first-order chi connectivity index (χ1) is 8.03. The molecule has 0 aliphatic heterocycles. The fourth-order valence-electron chi connectivity index (χ4n) is 1.37. The van der Waals surface area contributed by atoms with Crippen molar-refractivity contribution < 1.29 is 13.3 Å². The van der Waals surface area contributed by atoms with Crippen LogP contribution in [0.15, 0.2) is 4.99 Å². The molecule has 0 aromatic heterocycles. The molecule has 0 spiro atoms. The number of hydrogen-bond donors (Lipinski definition) is 0. The van der Waals surface area contributed by atoms with Crippen LogP contribution in [0.2, 0.25) is 0 Å². The van der Waals surface area contributed by atoms with Crippen LogP contribution in [0.4, 0.5) is 0 Å². The second-order valence-corrected chi connectivity index (χ2v) is 6.99. The Morgan fingerprint density at radius 3 is 2.00 bits per heavy atom. The quantitative estimate of drug-likeness (QED) is 0.463. The maximum Gasteiger partial charge on any atom is 0.522 e. The van der Waals surface area contributed by atoms with Crippen LogP contribution >= 0.6 is 0 Å². The molecule has 0 saturated carbocycles. The molecule has 0 atom stereocenters. The van der Waals surface area contributed by atoms with E-state index in [1.54, 1.807) is 21.3 Å². The zero-order valence-electron chi connectivity index (χ0n) is 11.9. The van der Waals surface area contributed by atoms with E-state index in [4.69, 9.17) is 13.3 Å². The topological polar surface area (TPSA) is 43.3 Å². The molecule has 17 heavy (non-hydrogen) atoms. The zero-order chi connectivity index (χ0) is 13.3. The highest BCUT2D eigenvalue weighted by Gasteiger charge is 2.37. The van der Waals surface area contributed by atoms with E-state index in [0.29, 0.717) is 6.17 Å². The second-order valence-electron chi connectivity index (χ2n) is 4.08. The van der Waals surface area contributed by atoms with E-state index >= 15 is 0 Å². The third-order valence-electron chi connectivity index (χ3n) is 2.69. The second kappa shape index (κ2) is 8.76. The molecule has 102 valence electrons. The fourth-order valence-corrected chi connectivity index (χ4v) is 2.68. The van der Waals surface area contributed by atoms with E-state index in [-0.39, 0.29) is 0 Å². The first-order valence-corrected chi connectivity index (χ1v) is 7.79. The fraction of sp³-hybridized carbons (Fsp3) is 0.909. The Balaban J connectivity index is 4.41. The lowest BCUT2D eigenvalue weighted by Gasteiger charge is -2.22. The minimum absolute atomic E-state index is 0.493. The van der Waals surface area contributed by atoms with Crippen LogP contribution in [0, 0.1) is 0 Å².